The molecule has 1 aliphatic carbocycles. The number of hydrogen-bond acceptors (Lipinski definition) is 4. The van der Waals surface area contributed by atoms with Crippen molar-refractivity contribution in [1.82, 2.24) is 20.0 Å². The Morgan fingerprint density at radius 3 is 2.36 bits per heavy atom. The molecular formula is C28H34F2N4O2. The molecule has 0 aromatic heterocycles. The highest BCUT2D eigenvalue weighted by atomic mass is 19.2. The third kappa shape index (κ3) is 5.93. The van der Waals surface area contributed by atoms with Crippen molar-refractivity contribution in [3.05, 3.63) is 77.0 Å². The van der Waals surface area contributed by atoms with Crippen LogP contribution >= 0.6 is 0 Å². The van der Waals surface area contributed by atoms with E-state index in [0.29, 0.717) is 43.8 Å². The van der Waals surface area contributed by atoms with E-state index < -0.39 is 11.6 Å². The lowest BCUT2D eigenvalue weighted by molar-refractivity contribution is -0.132. The molecule has 2 fully saturated rings. The Morgan fingerprint density at radius 2 is 1.72 bits per heavy atom. The molecule has 0 unspecified atom stereocenters. The van der Waals surface area contributed by atoms with Gasteiger partial charge < -0.3 is 20.0 Å². The SMILES string of the molecule is CN(/C(=C(/C(=O)N1CCNCC1)N(C=O)Cc1ccc(F)c(F)c1)c1ccccc1)C1CCCCC1. The topological polar surface area (TPSA) is 55.9 Å². The van der Waals surface area contributed by atoms with Crippen LogP contribution in [0.4, 0.5) is 8.78 Å². The number of carbonyl (C=O) groups excluding carboxylic acids is 2. The molecule has 6 nitrogen and oxygen atoms in total. The van der Waals surface area contributed by atoms with Gasteiger partial charge in [-0.25, -0.2) is 8.78 Å². The fraction of sp³-hybridized carbons (Fsp3) is 0.429. The molecule has 192 valence electrons. The molecule has 2 amide bonds. The summed E-state index contributed by atoms with van der Waals surface area (Å²) >= 11 is 0. The summed E-state index contributed by atoms with van der Waals surface area (Å²) in [6.07, 6.45) is 6.05. The predicted octanol–water partition coefficient (Wildman–Crippen LogP) is 3.99. The van der Waals surface area contributed by atoms with Crippen LogP contribution in [-0.2, 0) is 16.1 Å². The van der Waals surface area contributed by atoms with Crippen LogP contribution in [-0.4, -0.2) is 66.3 Å². The minimum absolute atomic E-state index is 0.0529. The Bertz CT molecular complexity index is 1080. The summed E-state index contributed by atoms with van der Waals surface area (Å²) < 4.78 is 27.6. The zero-order valence-electron chi connectivity index (χ0n) is 20.8. The number of benzene rings is 2. The van der Waals surface area contributed by atoms with E-state index in [0.717, 1.165) is 43.4 Å². The maximum Gasteiger partial charge on any atom is 0.272 e. The Morgan fingerprint density at radius 1 is 1.03 bits per heavy atom. The van der Waals surface area contributed by atoms with Crippen molar-refractivity contribution < 1.29 is 18.4 Å². The highest BCUT2D eigenvalue weighted by molar-refractivity contribution is 6.02. The lowest BCUT2D eigenvalue weighted by Gasteiger charge is -2.38. The van der Waals surface area contributed by atoms with E-state index in [2.05, 4.69) is 10.2 Å². The molecular weight excluding hydrogens is 462 g/mol. The molecule has 0 radical (unpaired) electrons. The van der Waals surface area contributed by atoms with Crippen molar-refractivity contribution in [2.24, 2.45) is 0 Å². The van der Waals surface area contributed by atoms with Crippen LogP contribution in [0.5, 0.6) is 0 Å². The third-order valence-corrected chi connectivity index (χ3v) is 7.10. The van der Waals surface area contributed by atoms with Gasteiger partial charge in [-0.15, -0.1) is 0 Å². The fourth-order valence-corrected chi connectivity index (χ4v) is 5.14. The van der Waals surface area contributed by atoms with Crippen molar-refractivity contribution in [3.63, 3.8) is 0 Å². The fourth-order valence-electron chi connectivity index (χ4n) is 5.14. The van der Waals surface area contributed by atoms with Crippen LogP contribution in [0, 0.1) is 11.6 Å². The Balaban J connectivity index is 1.85. The smallest absolute Gasteiger partial charge is 0.272 e. The summed E-state index contributed by atoms with van der Waals surface area (Å²) in [5.74, 6) is -2.18. The summed E-state index contributed by atoms with van der Waals surface area (Å²) in [5, 5.41) is 3.26. The van der Waals surface area contributed by atoms with Crippen LogP contribution in [0.1, 0.15) is 43.2 Å². The average molecular weight is 497 g/mol. The van der Waals surface area contributed by atoms with Gasteiger partial charge in [0, 0.05) is 44.8 Å². The van der Waals surface area contributed by atoms with Crippen molar-refractivity contribution in [2.45, 2.75) is 44.7 Å². The summed E-state index contributed by atoms with van der Waals surface area (Å²) in [6.45, 7) is 2.33. The maximum absolute atomic E-state index is 14.1. The molecule has 0 spiro atoms. The largest absolute Gasteiger partial charge is 0.369 e. The molecule has 1 saturated carbocycles. The van der Waals surface area contributed by atoms with E-state index in [-0.39, 0.29) is 24.2 Å². The van der Waals surface area contributed by atoms with E-state index in [1.165, 1.54) is 17.4 Å². The Labute approximate surface area is 211 Å². The van der Waals surface area contributed by atoms with Crippen molar-refractivity contribution in [2.75, 3.05) is 33.2 Å². The van der Waals surface area contributed by atoms with Gasteiger partial charge in [-0.05, 0) is 30.5 Å². The molecule has 2 aromatic carbocycles. The lowest BCUT2D eigenvalue weighted by Crippen LogP contribution is -2.49. The zero-order chi connectivity index (χ0) is 25.5. The molecule has 1 N–H and O–H groups in total. The van der Waals surface area contributed by atoms with Gasteiger partial charge >= 0.3 is 0 Å². The van der Waals surface area contributed by atoms with Gasteiger partial charge in [0.25, 0.3) is 5.91 Å². The van der Waals surface area contributed by atoms with Gasteiger partial charge in [-0.2, -0.15) is 0 Å². The number of carbonyl (C=O) groups is 2. The van der Waals surface area contributed by atoms with E-state index >= 15 is 0 Å². The first kappa shape index (κ1) is 25.8. The molecule has 1 saturated heterocycles. The molecule has 0 bridgehead atoms. The molecule has 2 aromatic rings. The number of rotatable bonds is 8. The molecule has 1 heterocycles. The zero-order valence-corrected chi connectivity index (χ0v) is 20.8. The van der Waals surface area contributed by atoms with Crippen LogP contribution in [0.15, 0.2) is 54.2 Å². The Hall–Kier alpha value is -3.26. The third-order valence-electron chi connectivity index (χ3n) is 7.10. The minimum Gasteiger partial charge on any atom is -0.369 e. The molecule has 1 aliphatic heterocycles. The summed E-state index contributed by atoms with van der Waals surface area (Å²) in [6, 6.07) is 13.4. The first-order chi connectivity index (χ1) is 17.5. The predicted molar refractivity (Wildman–Crippen MR) is 135 cm³/mol. The summed E-state index contributed by atoms with van der Waals surface area (Å²) in [4.78, 5) is 31.9. The van der Waals surface area contributed by atoms with Gasteiger partial charge in [0.2, 0.25) is 6.41 Å². The van der Waals surface area contributed by atoms with E-state index in [1.807, 2.05) is 37.4 Å². The monoisotopic (exact) mass is 496 g/mol. The van der Waals surface area contributed by atoms with Crippen molar-refractivity contribution >= 4 is 18.0 Å². The molecule has 4 rings (SSSR count). The lowest BCUT2D eigenvalue weighted by atomic mass is 9.93. The van der Waals surface area contributed by atoms with Crippen molar-refractivity contribution in [1.29, 1.82) is 0 Å². The second kappa shape index (κ2) is 12.1. The van der Waals surface area contributed by atoms with Crippen LogP contribution in [0.3, 0.4) is 0 Å². The van der Waals surface area contributed by atoms with E-state index in [1.54, 1.807) is 4.90 Å². The standard InChI is InChI=1S/C28H34F2N4O2/c1-32(23-10-6-3-7-11-23)26(22-8-4-2-5-9-22)27(28(36)33-16-14-31-15-17-33)34(20-35)19-21-12-13-24(29)25(30)18-21/h2,4-5,8-9,12-13,18,20,23,31H,3,6-7,10-11,14-17,19H2,1H3/b27-26-. The van der Waals surface area contributed by atoms with Gasteiger partial charge in [0.05, 0.1) is 12.2 Å². The number of nitrogens with one attached hydrogen (secondary N) is 1. The Kier molecular flexibility index (Phi) is 8.70. The summed E-state index contributed by atoms with van der Waals surface area (Å²) in [5.41, 5.74) is 2.18. The van der Waals surface area contributed by atoms with Gasteiger partial charge in [-0.3, -0.25) is 9.59 Å². The van der Waals surface area contributed by atoms with Gasteiger partial charge in [0.15, 0.2) is 11.6 Å². The van der Waals surface area contributed by atoms with E-state index in [4.69, 9.17) is 0 Å². The molecule has 36 heavy (non-hydrogen) atoms. The number of nitrogens with zero attached hydrogens (tertiary/aromatic N) is 3. The van der Waals surface area contributed by atoms with E-state index in [9.17, 15) is 18.4 Å². The summed E-state index contributed by atoms with van der Waals surface area (Å²) in [7, 11) is 1.99. The average Bonchev–Trinajstić information content (AvgIpc) is 2.93. The van der Waals surface area contributed by atoms with Gasteiger partial charge in [-0.1, -0.05) is 55.7 Å². The normalized spacial score (nSPS) is 17.4. The number of hydrogen-bond donors (Lipinski definition) is 1. The van der Waals surface area contributed by atoms with Crippen LogP contribution < -0.4 is 5.32 Å². The molecule has 8 heteroatoms. The number of halogens is 2. The maximum atomic E-state index is 14.1. The first-order valence-corrected chi connectivity index (χ1v) is 12.7. The number of amides is 2. The second-order valence-corrected chi connectivity index (χ2v) is 9.49. The minimum atomic E-state index is -0.986. The highest BCUT2D eigenvalue weighted by Crippen LogP contribution is 2.32. The first-order valence-electron chi connectivity index (χ1n) is 12.7. The number of piperazine rings is 1. The van der Waals surface area contributed by atoms with Crippen LogP contribution in [0.2, 0.25) is 0 Å². The molecule has 0 atom stereocenters. The quantitative estimate of drug-likeness (QED) is 0.444. The second-order valence-electron chi connectivity index (χ2n) is 9.49. The highest BCUT2D eigenvalue weighted by Gasteiger charge is 2.32. The van der Waals surface area contributed by atoms with Crippen molar-refractivity contribution in [3.8, 4) is 0 Å². The molecule has 2 aliphatic rings. The van der Waals surface area contributed by atoms with Crippen LogP contribution in [0.25, 0.3) is 5.70 Å². The van der Waals surface area contributed by atoms with Gasteiger partial charge in [0.1, 0.15) is 5.70 Å².